The van der Waals surface area contributed by atoms with Gasteiger partial charge in [-0.2, -0.15) is 0 Å². The number of aromatic nitrogens is 2. The van der Waals surface area contributed by atoms with E-state index in [2.05, 4.69) is 9.97 Å². The van der Waals surface area contributed by atoms with E-state index < -0.39 is 5.97 Å². The van der Waals surface area contributed by atoms with E-state index in [0.717, 1.165) is 0 Å². The average molecular weight is 236 g/mol. The van der Waals surface area contributed by atoms with E-state index in [1.165, 1.54) is 18.4 Å². The summed E-state index contributed by atoms with van der Waals surface area (Å²) in [6.07, 6.45) is 3.08. The molecule has 0 aliphatic rings. The molecule has 0 spiro atoms. The molecule has 0 fully saturated rings. The predicted molar refractivity (Wildman–Crippen MR) is 58.9 cm³/mol. The molecule has 0 bridgehead atoms. The molecule has 2 heterocycles. The van der Waals surface area contributed by atoms with Gasteiger partial charge >= 0.3 is 12.0 Å². The normalized spacial score (nSPS) is 10.1. The van der Waals surface area contributed by atoms with Crippen molar-refractivity contribution < 1.29 is 14.6 Å². The maximum atomic E-state index is 10.9. The van der Waals surface area contributed by atoms with Crippen LogP contribution in [0.4, 0.5) is 0 Å². The summed E-state index contributed by atoms with van der Waals surface area (Å²) in [4.78, 5) is 19.1. The van der Waals surface area contributed by atoms with E-state index >= 15 is 0 Å². The number of thiophene rings is 1. The summed E-state index contributed by atoms with van der Waals surface area (Å²) < 4.78 is 4.83. The number of carboxylic acid groups (broad SMARTS) is 1. The van der Waals surface area contributed by atoms with E-state index in [9.17, 15) is 4.79 Å². The molecule has 0 unspecified atom stereocenters. The van der Waals surface area contributed by atoms with Gasteiger partial charge in [-0.3, -0.25) is 0 Å². The van der Waals surface area contributed by atoms with E-state index in [1.54, 1.807) is 23.8 Å². The zero-order chi connectivity index (χ0) is 11.5. The van der Waals surface area contributed by atoms with Crippen molar-refractivity contribution in [3.63, 3.8) is 0 Å². The Morgan fingerprint density at radius 3 is 2.69 bits per heavy atom. The zero-order valence-corrected chi connectivity index (χ0v) is 9.19. The van der Waals surface area contributed by atoms with Crippen LogP contribution in [0.5, 0.6) is 6.01 Å². The Labute approximate surface area is 95.4 Å². The molecule has 0 saturated heterocycles. The molecule has 1 N–H and O–H groups in total. The first-order valence-electron chi connectivity index (χ1n) is 4.39. The van der Waals surface area contributed by atoms with Gasteiger partial charge in [-0.15, -0.1) is 11.3 Å². The third kappa shape index (κ3) is 1.87. The number of carboxylic acids is 1. The zero-order valence-electron chi connectivity index (χ0n) is 8.38. The second-order valence-corrected chi connectivity index (χ2v) is 3.84. The Bertz CT molecular complexity index is 507. The molecular formula is C10H8N2O3S. The van der Waals surface area contributed by atoms with Gasteiger partial charge in [-0.1, -0.05) is 0 Å². The maximum absolute atomic E-state index is 10.9. The van der Waals surface area contributed by atoms with E-state index in [0.29, 0.717) is 11.1 Å². The summed E-state index contributed by atoms with van der Waals surface area (Å²) in [6, 6.07) is 2.00. The van der Waals surface area contributed by atoms with Gasteiger partial charge in [-0.25, -0.2) is 14.8 Å². The van der Waals surface area contributed by atoms with Crippen LogP contribution in [0.3, 0.4) is 0 Å². The highest BCUT2D eigenvalue weighted by atomic mass is 32.1. The number of aromatic carboxylic acids is 1. The molecule has 0 saturated carbocycles. The summed E-state index contributed by atoms with van der Waals surface area (Å²) >= 11 is 1.18. The predicted octanol–water partition coefficient (Wildman–Crippen LogP) is 1.91. The highest BCUT2D eigenvalue weighted by Crippen LogP contribution is 2.27. The van der Waals surface area contributed by atoms with E-state index in [4.69, 9.17) is 9.84 Å². The van der Waals surface area contributed by atoms with Gasteiger partial charge in [0.2, 0.25) is 0 Å². The lowest BCUT2D eigenvalue weighted by Crippen LogP contribution is -1.96. The number of hydrogen-bond acceptors (Lipinski definition) is 5. The highest BCUT2D eigenvalue weighted by molar-refractivity contribution is 7.12. The van der Waals surface area contributed by atoms with Crippen LogP contribution in [0, 0.1) is 0 Å². The second kappa shape index (κ2) is 4.28. The second-order valence-electron chi connectivity index (χ2n) is 2.93. The minimum Gasteiger partial charge on any atom is -0.477 e. The van der Waals surface area contributed by atoms with Gasteiger partial charge in [0, 0.05) is 23.5 Å². The maximum Gasteiger partial charge on any atom is 0.346 e. The Morgan fingerprint density at radius 1 is 1.44 bits per heavy atom. The summed E-state index contributed by atoms with van der Waals surface area (Å²) in [6.45, 7) is 0. The van der Waals surface area contributed by atoms with Crippen molar-refractivity contribution >= 4 is 17.3 Å². The van der Waals surface area contributed by atoms with Crippen molar-refractivity contribution in [2.75, 3.05) is 7.11 Å². The number of ether oxygens (including phenoxy) is 1. The number of hydrogen-bond donors (Lipinski definition) is 1. The molecule has 2 rings (SSSR count). The van der Waals surface area contributed by atoms with Crippen LogP contribution >= 0.6 is 11.3 Å². The molecule has 0 aliphatic heterocycles. The lowest BCUT2D eigenvalue weighted by molar-refractivity contribution is 0.0703. The minimum absolute atomic E-state index is 0.260. The van der Waals surface area contributed by atoms with Gasteiger partial charge in [0.05, 0.1) is 7.11 Å². The molecule has 0 aliphatic carbocycles. The first-order chi connectivity index (χ1) is 7.72. The van der Waals surface area contributed by atoms with Crippen molar-refractivity contribution in [1.29, 1.82) is 0 Å². The van der Waals surface area contributed by atoms with Crippen molar-refractivity contribution in [2.45, 2.75) is 0 Å². The summed E-state index contributed by atoms with van der Waals surface area (Å²) in [5, 5.41) is 10.7. The summed E-state index contributed by atoms with van der Waals surface area (Å²) in [7, 11) is 1.47. The smallest absolute Gasteiger partial charge is 0.346 e. The van der Waals surface area contributed by atoms with Crippen molar-refractivity contribution in [3.8, 4) is 17.1 Å². The fraction of sp³-hybridized carbons (Fsp3) is 0.100. The third-order valence-electron chi connectivity index (χ3n) is 1.98. The molecule has 0 amide bonds. The Kier molecular flexibility index (Phi) is 2.82. The molecule has 16 heavy (non-hydrogen) atoms. The number of methoxy groups -OCH3 is 1. The van der Waals surface area contributed by atoms with Crippen molar-refractivity contribution in [1.82, 2.24) is 9.97 Å². The molecule has 2 aromatic heterocycles. The molecule has 5 nitrogen and oxygen atoms in total. The van der Waals surface area contributed by atoms with Gasteiger partial charge < -0.3 is 9.84 Å². The van der Waals surface area contributed by atoms with Crippen molar-refractivity contribution in [2.24, 2.45) is 0 Å². The molecule has 6 heteroatoms. The van der Waals surface area contributed by atoms with Crippen LogP contribution in [0.15, 0.2) is 23.8 Å². The fourth-order valence-corrected chi connectivity index (χ4v) is 2.02. The Balaban J connectivity index is 2.42. The van der Waals surface area contributed by atoms with Crippen LogP contribution < -0.4 is 4.74 Å². The summed E-state index contributed by atoms with van der Waals surface area (Å²) in [5.74, 6) is -0.944. The first-order valence-corrected chi connectivity index (χ1v) is 5.27. The number of nitrogens with zero attached hydrogens (tertiary/aromatic N) is 2. The largest absolute Gasteiger partial charge is 0.477 e. The Morgan fingerprint density at radius 2 is 2.12 bits per heavy atom. The van der Waals surface area contributed by atoms with E-state index in [1.807, 2.05) is 0 Å². The quantitative estimate of drug-likeness (QED) is 0.881. The lowest BCUT2D eigenvalue weighted by Gasteiger charge is -2.00. The van der Waals surface area contributed by atoms with Crippen molar-refractivity contribution in [3.05, 3.63) is 28.7 Å². The van der Waals surface area contributed by atoms with Gasteiger partial charge in [-0.05, 0) is 11.4 Å². The highest BCUT2D eigenvalue weighted by Gasteiger charge is 2.13. The van der Waals surface area contributed by atoms with Crippen LogP contribution in [-0.4, -0.2) is 28.2 Å². The van der Waals surface area contributed by atoms with Crippen LogP contribution in [0.25, 0.3) is 11.1 Å². The molecule has 2 aromatic rings. The topological polar surface area (TPSA) is 72.3 Å². The monoisotopic (exact) mass is 236 g/mol. The van der Waals surface area contributed by atoms with Crippen LogP contribution in [0.2, 0.25) is 0 Å². The van der Waals surface area contributed by atoms with Gasteiger partial charge in [0.25, 0.3) is 0 Å². The molecule has 0 aromatic carbocycles. The Hall–Kier alpha value is -1.95. The van der Waals surface area contributed by atoms with Gasteiger partial charge in [0.15, 0.2) is 0 Å². The van der Waals surface area contributed by atoms with Crippen LogP contribution in [-0.2, 0) is 0 Å². The first kappa shape index (κ1) is 10.6. The lowest BCUT2D eigenvalue weighted by atomic mass is 10.1. The summed E-state index contributed by atoms with van der Waals surface area (Å²) in [5.41, 5.74) is 1.29. The molecule has 0 atom stereocenters. The fourth-order valence-electron chi connectivity index (χ4n) is 1.26. The average Bonchev–Trinajstić information content (AvgIpc) is 2.78. The minimum atomic E-state index is -0.944. The van der Waals surface area contributed by atoms with Gasteiger partial charge in [0.1, 0.15) is 4.88 Å². The van der Waals surface area contributed by atoms with E-state index in [-0.39, 0.29) is 10.9 Å². The molecule has 0 radical (unpaired) electrons. The number of rotatable bonds is 3. The standard InChI is InChI=1S/C10H8N2O3S/c1-15-10-11-4-6(5-12-10)7-2-3-16-8(7)9(13)14/h2-5H,1H3,(H,13,14). The third-order valence-corrected chi connectivity index (χ3v) is 2.88. The van der Waals surface area contributed by atoms with Crippen LogP contribution in [0.1, 0.15) is 9.67 Å². The molecular weight excluding hydrogens is 228 g/mol. The SMILES string of the molecule is COc1ncc(-c2ccsc2C(=O)O)cn1. The molecule has 82 valence electrons. The number of carbonyl (C=O) groups is 1.